The van der Waals surface area contributed by atoms with Gasteiger partial charge in [-0.25, -0.2) is 14.5 Å². The van der Waals surface area contributed by atoms with Gasteiger partial charge >= 0.3 is 0 Å². The highest BCUT2D eigenvalue weighted by atomic mass is 35.5. The molecule has 2 atom stereocenters. The maximum atomic E-state index is 10.4. The van der Waals surface area contributed by atoms with Crippen molar-refractivity contribution in [3.8, 4) is 39.4 Å². The van der Waals surface area contributed by atoms with E-state index in [2.05, 4.69) is 46.3 Å². The second-order valence-electron chi connectivity index (χ2n) is 10.2. The predicted octanol–water partition coefficient (Wildman–Crippen LogP) is 6.32. The first-order valence-electron chi connectivity index (χ1n) is 12.9. The number of nitrogens with zero attached hydrogens (tertiary/aromatic N) is 6. The van der Waals surface area contributed by atoms with E-state index in [-0.39, 0.29) is 5.75 Å². The Morgan fingerprint density at radius 2 is 1.68 bits per heavy atom. The summed E-state index contributed by atoms with van der Waals surface area (Å²) in [4.78, 5) is 8.89. The Kier molecular flexibility index (Phi) is 5.56. The summed E-state index contributed by atoms with van der Waals surface area (Å²) >= 11 is 6.12. The van der Waals surface area contributed by atoms with Gasteiger partial charge in [0.1, 0.15) is 11.4 Å². The average molecular weight is 523 g/mol. The maximum Gasteiger partial charge on any atom is 0.164 e. The summed E-state index contributed by atoms with van der Waals surface area (Å²) in [5, 5.41) is 20.5. The lowest BCUT2D eigenvalue weighted by Crippen LogP contribution is -2.50. The molecule has 0 amide bonds. The molecule has 2 unspecified atom stereocenters. The zero-order valence-electron chi connectivity index (χ0n) is 21.0. The van der Waals surface area contributed by atoms with E-state index in [1.807, 2.05) is 35.0 Å². The number of rotatable bonds is 4. The van der Waals surface area contributed by atoms with Gasteiger partial charge in [0.15, 0.2) is 5.65 Å². The third kappa shape index (κ3) is 3.81. The minimum atomic E-state index is 0.0204. The molecule has 1 N–H and O–H groups in total. The topological polar surface area (TPSA) is 69.8 Å². The highest BCUT2D eigenvalue weighted by Gasteiger charge is 2.37. The van der Waals surface area contributed by atoms with Gasteiger partial charge in [0.25, 0.3) is 0 Å². The van der Waals surface area contributed by atoms with Crippen LogP contribution in [0.25, 0.3) is 39.3 Å². The van der Waals surface area contributed by atoms with E-state index in [0.29, 0.717) is 16.7 Å². The Balaban J connectivity index is 1.34. The molecule has 190 valence electrons. The first kappa shape index (κ1) is 23.2. The van der Waals surface area contributed by atoms with Crippen molar-refractivity contribution in [3.63, 3.8) is 0 Å². The lowest BCUT2D eigenvalue weighted by atomic mass is 10.0. The van der Waals surface area contributed by atoms with Gasteiger partial charge < -0.3 is 10.1 Å². The third-order valence-electron chi connectivity index (χ3n) is 8.02. The van der Waals surface area contributed by atoms with Gasteiger partial charge in [-0.15, -0.1) is 0 Å². The molecule has 1 aliphatic carbocycles. The van der Waals surface area contributed by atoms with Crippen molar-refractivity contribution in [1.29, 1.82) is 0 Å². The van der Waals surface area contributed by atoms with E-state index >= 15 is 0 Å². The van der Waals surface area contributed by atoms with Crippen LogP contribution in [0.3, 0.4) is 0 Å². The van der Waals surface area contributed by atoms with E-state index in [1.165, 1.54) is 24.9 Å². The van der Waals surface area contributed by atoms with Crippen LogP contribution in [0.15, 0.2) is 79.3 Å². The van der Waals surface area contributed by atoms with E-state index in [0.717, 1.165) is 46.1 Å². The molecule has 7 nitrogen and oxygen atoms in total. The Bertz CT molecular complexity index is 1630. The summed E-state index contributed by atoms with van der Waals surface area (Å²) in [6.07, 6.45) is 9.24. The van der Waals surface area contributed by atoms with Gasteiger partial charge in [-0.05, 0) is 73.2 Å². The fraction of sp³-hybridized carbons (Fsp3) is 0.233. The minimum absolute atomic E-state index is 0.0204. The molecule has 7 rings (SSSR count). The molecule has 38 heavy (non-hydrogen) atoms. The van der Waals surface area contributed by atoms with Crippen molar-refractivity contribution in [2.45, 2.75) is 25.3 Å². The SMILES string of the molecule is CN1C2CCC(C2)CN1c1ccc(-c2ccnc3c(-c4ccc(Cl)c(O)c4)c(-c4ccncc4)nn23)cc1. The summed E-state index contributed by atoms with van der Waals surface area (Å²) in [7, 11) is 2.22. The van der Waals surface area contributed by atoms with Crippen LogP contribution in [0.1, 0.15) is 19.3 Å². The third-order valence-corrected chi connectivity index (χ3v) is 8.34. The predicted molar refractivity (Wildman–Crippen MR) is 150 cm³/mol. The number of phenolic OH excluding ortho intramolecular Hbond substituents is 1. The number of fused-ring (bicyclic) bond motifs is 3. The molecular weight excluding hydrogens is 496 g/mol. The molecule has 5 aromatic rings. The summed E-state index contributed by atoms with van der Waals surface area (Å²) in [5.74, 6) is 0.809. The standard InChI is InChI=1S/C30H27ClN6O/c1-35-24-6-2-19(16-24)18-36(35)23-7-3-20(4-8-23)26-12-15-33-30-28(22-5-9-25(31)27(38)17-22)29(34-37(26)30)21-10-13-32-14-11-21/h3-5,7-15,17,19,24,38H,2,6,16,18H2,1H3. The molecule has 2 fully saturated rings. The van der Waals surface area contributed by atoms with Gasteiger partial charge in [0.2, 0.25) is 0 Å². The molecule has 2 aromatic carbocycles. The van der Waals surface area contributed by atoms with Gasteiger partial charge in [-0.2, -0.15) is 5.10 Å². The number of benzene rings is 2. The number of pyridine rings is 1. The summed E-state index contributed by atoms with van der Waals surface area (Å²) in [6, 6.07) is 20.5. The molecule has 0 spiro atoms. The van der Waals surface area contributed by atoms with Crippen LogP contribution < -0.4 is 5.01 Å². The zero-order valence-corrected chi connectivity index (χ0v) is 21.8. The monoisotopic (exact) mass is 522 g/mol. The number of aromatic nitrogens is 4. The first-order chi connectivity index (χ1) is 18.6. The second-order valence-corrected chi connectivity index (χ2v) is 10.6. The highest BCUT2D eigenvalue weighted by Crippen LogP contribution is 2.40. The van der Waals surface area contributed by atoms with Crippen LogP contribution in [0.2, 0.25) is 5.02 Å². The molecular formula is C30H27ClN6O. The Morgan fingerprint density at radius 1 is 0.895 bits per heavy atom. The molecule has 3 aromatic heterocycles. The highest BCUT2D eigenvalue weighted by molar-refractivity contribution is 6.32. The van der Waals surface area contributed by atoms with Gasteiger partial charge in [0, 0.05) is 49.4 Å². The molecule has 0 radical (unpaired) electrons. The number of aromatic hydroxyl groups is 1. The molecule has 2 bridgehead atoms. The normalized spacial score (nSPS) is 19.4. The quantitative estimate of drug-likeness (QED) is 0.298. The number of hydrogen-bond acceptors (Lipinski definition) is 6. The van der Waals surface area contributed by atoms with E-state index in [4.69, 9.17) is 21.7 Å². The molecule has 8 heteroatoms. The van der Waals surface area contributed by atoms with E-state index in [9.17, 15) is 5.11 Å². The van der Waals surface area contributed by atoms with Gasteiger partial charge in [-0.3, -0.25) is 4.98 Å². The van der Waals surface area contributed by atoms with Crippen molar-refractivity contribution in [3.05, 3.63) is 84.3 Å². The molecule has 1 saturated heterocycles. The Morgan fingerprint density at radius 3 is 2.47 bits per heavy atom. The maximum absolute atomic E-state index is 10.4. The van der Waals surface area contributed by atoms with Crippen LogP contribution in [0.4, 0.5) is 5.69 Å². The molecule has 1 aliphatic heterocycles. The Labute approximate surface area is 225 Å². The number of anilines is 1. The van der Waals surface area contributed by atoms with Crippen LogP contribution in [-0.2, 0) is 0 Å². The smallest absolute Gasteiger partial charge is 0.164 e. The van der Waals surface area contributed by atoms with Crippen molar-refractivity contribution < 1.29 is 5.11 Å². The van der Waals surface area contributed by atoms with Crippen molar-refractivity contribution in [1.82, 2.24) is 24.6 Å². The lowest BCUT2D eigenvalue weighted by molar-refractivity contribution is 0.181. The van der Waals surface area contributed by atoms with Crippen molar-refractivity contribution >= 4 is 22.9 Å². The number of hydrogen-bond donors (Lipinski definition) is 1. The van der Waals surface area contributed by atoms with Crippen LogP contribution in [0.5, 0.6) is 5.75 Å². The minimum Gasteiger partial charge on any atom is -0.506 e. The Hall–Kier alpha value is -3.94. The van der Waals surface area contributed by atoms with Crippen molar-refractivity contribution in [2.24, 2.45) is 5.92 Å². The van der Waals surface area contributed by atoms with Crippen LogP contribution in [0, 0.1) is 5.92 Å². The van der Waals surface area contributed by atoms with Crippen LogP contribution >= 0.6 is 11.6 Å². The largest absolute Gasteiger partial charge is 0.506 e. The van der Waals surface area contributed by atoms with Gasteiger partial charge in [-0.1, -0.05) is 29.8 Å². The number of hydrazine groups is 1. The number of halogens is 1. The van der Waals surface area contributed by atoms with E-state index < -0.39 is 0 Å². The number of phenols is 1. The second kappa shape index (κ2) is 9.11. The fourth-order valence-electron chi connectivity index (χ4n) is 6.03. The summed E-state index contributed by atoms with van der Waals surface area (Å²) < 4.78 is 1.89. The average Bonchev–Trinajstić information content (AvgIpc) is 3.55. The van der Waals surface area contributed by atoms with Crippen LogP contribution in [-0.4, -0.2) is 49.3 Å². The first-order valence-corrected chi connectivity index (χ1v) is 13.3. The van der Waals surface area contributed by atoms with Gasteiger partial charge in [0.05, 0.1) is 22.0 Å². The fourth-order valence-corrected chi connectivity index (χ4v) is 6.14. The zero-order chi connectivity index (χ0) is 25.8. The molecule has 1 saturated carbocycles. The molecule has 4 heterocycles. The molecule has 2 aliphatic rings. The lowest BCUT2D eigenvalue weighted by Gasteiger charge is -2.42. The summed E-state index contributed by atoms with van der Waals surface area (Å²) in [6.45, 7) is 1.08. The van der Waals surface area contributed by atoms with E-state index in [1.54, 1.807) is 24.5 Å². The van der Waals surface area contributed by atoms with Crippen molar-refractivity contribution in [2.75, 3.05) is 18.6 Å². The summed E-state index contributed by atoms with van der Waals surface area (Å²) in [5.41, 5.74) is 7.20.